The van der Waals surface area contributed by atoms with E-state index in [1.54, 1.807) is 0 Å². The summed E-state index contributed by atoms with van der Waals surface area (Å²) in [4.78, 5) is 26.6. The van der Waals surface area contributed by atoms with Crippen molar-refractivity contribution in [3.8, 4) is 0 Å². The summed E-state index contributed by atoms with van der Waals surface area (Å²) in [6.07, 6.45) is 8.76. The summed E-state index contributed by atoms with van der Waals surface area (Å²) >= 11 is 0. The minimum atomic E-state index is -0.391. The number of rotatable bonds is 6. The molecule has 1 heterocycles. The fourth-order valence-electron chi connectivity index (χ4n) is 10.5. The first kappa shape index (κ1) is 29.3. The minimum Gasteiger partial charge on any atom is -0.469 e. The minimum absolute atomic E-state index is 0.0891. The maximum atomic E-state index is 13.1. The second-order valence-corrected chi connectivity index (χ2v) is 14.6. The van der Waals surface area contributed by atoms with E-state index >= 15 is 0 Å². The van der Waals surface area contributed by atoms with Crippen molar-refractivity contribution in [2.45, 2.75) is 116 Å². The Morgan fingerprint density at radius 2 is 1.69 bits per heavy atom. The number of carbonyl (C=O) groups excluding carboxylic acids is 2. The molecule has 11 atom stereocenters. The van der Waals surface area contributed by atoms with Crippen LogP contribution in [0.2, 0.25) is 0 Å². The number of amides is 1. The quantitative estimate of drug-likeness (QED) is 0.431. The van der Waals surface area contributed by atoms with Crippen molar-refractivity contribution in [2.75, 3.05) is 20.2 Å². The van der Waals surface area contributed by atoms with Crippen molar-refractivity contribution in [1.29, 1.82) is 0 Å². The van der Waals surface area contributed by atoms with Gasteiger partial charge in [0, 0.05) is 25.9 Å². The molecule has 5 fully saturated rings. The van der Waals surface area contributed by atoms with Crippen molar-refractivity contribution in [1.82, 2.24) is 4.90 Å². The van der Waals surface area contributed by atoms with Gasteiger partial charge in [0.25, 0.3) is 0 Å². The Bertz CT molecular complexity index is 903. The van der Waals surface area contributed by atoms with Gasteiger partial charge in [0.2, 0.25) is 5.91 Å². The fourth-order valence-corrected chi connectivity index (χ4v) is 10.5. The van der Waals surface area contributed by atoms with Crippen LogP contribution >= 0.6 is 0 Å². The van der Waals surface area contributed by atoms with Crippen molar-refractivity contribution in [2.24, 2.45) is 52.3 Å². The molecule has 7 heteroatoms. The molecule has 0 aromatic rings. The molecule has 4 aliphatic carbocycles. The highest BCUT2D eigenvalue weighted by molar-refractivity contribution is 5.76. The van der Waals surface area contributed by atoms with E-state index in [0.29, 0.717) is 61.4 Å². The molecule has 11 unspecified atom stereocenters. The third-order valence-corrected chi connectivity index (χ3v) is 13.0. The Balaban J connectivity index is 1.20. The first-order chi connectivity index (χ1) is 18.5. The number of likely N-dealkylation sites (tertiary alicyclic amines) is 1. The molecule has 7 nitrogen and oxygen atoms in total. The third kappa shape index (κ3) is 5.18. The predicted octanol–water partition coefficient (Wildman–Crippen LogP) is 4.17. The summed E-state index contributed by atoms with van der Waals surface area (Å²) in [6.45, 7) is 8.36. The van der Waals surface area contributed by atoms with Gasteiger partial charge >= 0.3 is 5.97 Å². The Morgan fingerprint density at radius 1 is 0.974 bits per heavy atom. The highest BCUT2D eigenvalue weighted by Gasteiger charge is 2.65. The third-order valence-electron chi connectivity index (χ3n) is 13.0. The van der Waals surface area contributed by atoms with Crippen LogP contribution < -0.4 is 0 Å². The van der Waals surface area contributed by atoms with Crippen LogP contribution in [0.3, 0.4) is 0 Å². The van der Waals surface area contributed by atoms with Crippen LogP contribution in [0.15, 0.2) is 0 Å². The van der Waals surface area contributed by atoms with Gasteiger partial charge in [-0.15, -0.1) is 0 Å². The highest BCUT2D eigenvalue weighted by atomic mass is 16.5. The topological polar surface area (TPSA) is 107 Å². The van der Waals surface area contributed by atoms with E-state index < -0.39 is 6.10 Å². The number of nitrogens with zero attached hydrogens (tertiary/aromatic N) is 1. The summed E-state index contributed by atoms with van der Waals surface area (Å²) in [5.74, 6) is 2.21. The average Bonchev–Trinajstić information content (AvgIpc) is 3.27. The zero-order chi connectivity index (χ0) is 28.1. The second kappa shape index (κ2) is 11.2. The van der Waals surface area contributed by atoms with Crippen molar-refractivity contribution in [3.05, 3.63) is 0 Å². The Labute approximate surface area is 235 Å². The average molecular weight is 548 g/mol. The highest BCUT2D eigenvalue weighted by Crippen LogP contribution is 2.68. The number of esters is 1. The molecule has 4 saturated carbocycles. The van der Waals surface area contributed by atoms with Crippen molar-refractivity contribution < 1.29 is 29.6 Å². The van der Waals surface area contributed by atoms with E-state index in [1.807, 2.05) is 4.90 Å². The number of fused-ring (bicyclic) bond motifs is 5. The normalized spacial score (nSPS) is 45.2. The first-order valence-electron chi connectivity index (χ1n) is 15.9. The number of ether oxygens (including phenoxy) is 1. The number of aliphatic hydroxyl groups excluding tert-OH is 3. The van der Waals surface area contributed by atoms with E-state index in [-0.39, 0.29) is 40.8 Å². The molecular weight excluding hydrogens is 494 g/mol. The van der Waals surface area contributed by atoms with Gasteiger partial charge in [-0.3, -0.25) is 9.59 Å². The summed E-state index contributed by atoms with van der Waals surface area (Å²) in [6, 6.07) is 0. The number of piperidine rings is 1. The number of carbonyl (C=O) groups is 2. The molecule has 0 bridgehead atoms. The second-order valence-electron chi connectivity index (χ2n) is 14.6. The molecular formula is C32H53NO6. The largest absolute Gasteiger partial charge is 0.469 e. The molecule has 222 valence electrons. The van der Waals surface area contributed by atoms with Crippen LogP contribution in [0, 0.1) is 52.3 Å². The molecule has 0 aromatic carbocycles. The summed E-state index contributed by atoms with van der Waals surface area (Å²) < 4.78 is 4.80. The Morgan fingerprint density at radius 3 is 2.38 bits per heavy atom. The van der Waals surface area contributed by atoms with Crippen LogP contribution in [-0.4, -0.2) is 70.6 Å². The molecule has 39 heavy (non-hydrogen) atoms. The molecule has 5 rings (SSSR count). The van der Waals surface area contributed by atoms with Gasteiger partial charge in [-0.2, -0.15) is 0 Å². The van der Waals surface area contributed by atoms with Gasteiger partial charge in [-0.05, 0) is 116 Å². The predicted molar refractivity (Wildman–Crippen MR) is 148 cm³/mol. The molecule has 3 N–H and O–H groups in total. The number of aliphatic hydroxyl groups is 3. The van der Waals surface area contributed by atoms with E-state index in [0.717, 1.165) is 64.2 Å². The standard InChI is InChI=1S/C32H53NO6/c1-19(5-8-28(37)33-13-10-20(11-14-33)15-29(38)39-4)23-6-7-24-30-25(18-27(36)32(23,24)3)31(2)12-9-22(34)16-21(31)17-26(30)35/h19-27,30,34-36H,5-18H2,1-4H3. The molecule has 0 radical (unpaired) electrons. The summed E-state index contributed by atoms with van der Waals surface area (Å²) in [5, 5.41) is 33.6. The Kier molecular flexibility index (Phi) is 8.45. The summed E-state index contributed by atoms with van der Waals surface area (Å²) in [7, 11) is 1.43. The van der Waals surface area contributed by atoms with Gasteiger partial charge in [-0.1, -0.05) is 20.8 Å². The van der Waals surface area contributed by atoms with Crippen LogP contribution in [0.5, 0.6) is 0 Å². The van der Waals surface area contributed by atoms with E-state index in [9.17, 15) is 24.9 Å². The monoisotopic (exact) mass is 547 g/mol. The molecule has 5 aliphatic rings. The maximum Gasteiger partial charge on any atom is 0.305 e. The van der Waals surface area contributed by atoms with E-state index in [1.165, 1.54) is 7.11 Å². The lowest BCUT2D eigenvalue weighted by Crippen LogP contribution is -2.62. The van der Waals surface area contributed by atoms with Crippen LogP contribution in [-0.2, 0) is 14.3 Å². The lowest BCUT2D eigenvalue weighted by molar-refractivity contribution is -0.207. The lowest BCUT2D eigenvalue weighted by atomic mass is 9.43. The SMILES string of the molecule is COC(=O)CC1CCN(C(=O)CCC(C)C2CCC3C4C(O)CC5CC(O)CCC5(C)C4CC(O)C23C)CC1. The molecule has 0 aromatic heterocycles. The van der Waals surface area contributed by atoms with Crippen molar-refractivity contribution in [3.63, 3.8) is 0 Å². The zero-order valence-electron chi connectivity index (χ0n) is 24.7. The maximum absolute atomic E-state index is 13.1. The number of hydrogen-bond acceptors (Lipinski definition) is 6. The van der Waals surface area contributed by atoms with Crippen LogP contribution in [0.1, 0.15) is 97.8 Å². The number of methoxy groups -OCH3 is 1. The van der Waals surface area contributed by atoms with E-state index in [4.69, 9.17) is 4.74 Å². The van der Waals surface area contributed by atoms with Crippen molar-refractivity contribution >= 4 is 11.9 Å². The van der Waals surface area contributed by atoms with Gasteiger partial charge in [0.15, 0.2) is 0 Å². The van der Waals surface area contributed by atoms with Gasteiger partial charge < -0.3 is 25.0 Å². The zero-order valence-corrected chi connectivity index (χ0v) is 24.7. The molecule has 1 amide bonds. The van der Waals surface area contributed by atoms with Crippen LogP contribution in [0.25, 0.3) is 0 Å². The van der Waals surface area contributed by atoms with Gasteiger partial charge in [0.1, 0.15) is 0 Å². The summed E-state index contributed by atoms with van der Waals surface area (Å²) in [5.41, 5.74) is -0.139. The lowest BCUT2D eigenvalue weighted by Gasteiger charge is -2.63. The smallest absolute Gasteiger partial charge is 0.305 e. The number of hydrogen-bond donors (Lipinski definition) is 3. The molecule has 1 saturated heterocycles. The van der Waals surface area contributed by atoms with Gasteiger partial charge in [-0.25, -0.2) is 0 Å². The fraction of sp³-hybridized carbons (Fsp3) is 0.938. The Hall–Kier alpha value is -1.18. The molecule has 0 spiro atoms. The van der Waals surface area contributed by atoms with E-state index in [2.05, 4.69) is 20.8 Å². The molecule has 1 aliphatic heterocycles. The van der Waals surface area contributed by atoms with Crippen LogP contribution in [0.4, 0.5) is 0 Å². The van der Waals surface area contributed by atoms with Gasteiger partial charge in [0.05, 0.1) is 25.4 Å². The first-order valence-corrected chi connectivity index (χ1v) is 15.9.